The summed E-state index contributed by atoms with van der Waals surface area (Å²) in [7, 11) is 0. The fourth-order valence-electron chi connectivity index (χ4n) is 1.41. The second-order valence-electron chi connectivity index (χ2n) is 3.50. The van der Waals surface area contributed by atoms with Crippen molar-refractivity contribution in [1.29, 1.82) is 0 Å². The standard InChI is InChI=1S/C12H11NOS2/c1-8-5-9(2)13-11(6-8)16-12-4-3-10(7-14)15-12/h3-7H,1-2H3. The van der Waals surface area contributed by atoms with Crippen LogP contribution < -0.4 is 0 Å². The number of thiophene rings is 1. The largest absolute Gasteiger partial charge is 0.297 e. The molecule has 0 unspecified atom stereocenters. The Morgan fingerprint density at radius 3 is 2.75 bits per heavy atom. The molecule has 2 heterocycles. The Morgan fingerprint density at radius 2 is 2.12 bits per heavy atom. The molecular weight excluding hydrogens is 238 g/mol. The number of rotatable bonds is 3. The van der Waals surface area contributed by atoms with Gasteiger partial charge in [0.25, 0.3) is 0 Å². The number of nitrogens with zero attached hydrogens (tertiary/aromatic N) is 1. The van der Waals surface area contributed by atoms with Gasteiger partial charge >= 0.3 is 0 Å². The third-order valence-electron chi connectivity index (χ3n) is 2.00. The molecule has 0 fully saturated rings. The van der Waals surface area contributed by atoms with Gasteiger partial charge < -0.3 is 0 Å². The topological polar surface area (TPSA) is 30.0 Å². The van der Waals surface area contributed by atoms with Gasteiger partial charge in [0.05, 0.1) is 9.09 Å². The van der Waals surface area contributed by atoms with E-state index in [1.165, 1.54) is 16.9 Å². The van der Waals surface area contributed by atoms with E-state index in [0.717, 1.165) is 26.1 Å². The van der Waals surface area contributed by atoms with Crippen LogP contribution in [-0.4, -0.2) is 11.3 Å². The highest BCUT2D eigenvalue weighted by atomic mass is 32.2. The first-order valence-electron chi connectivity index (χ1n) is 4.85. The van der Waals surface area contributed by atoms with Crippen LogP contribution in [0.25, 0.3) is 0 Å². The molecular formula is C12H11NOS2. The minimum absolute atomic E-state index is 0.756. The van der Waals surface area contributed by atoms with E-state index in [2.05, 4.69) is 24.0 Å². The van der Waals surface area contributed by atoms with Crippen LogP contribution in [0.1, 0.15) is 20.9 Å². The van der Waals surface area contributed by atoms with Crippen molar-refractivity contribution in [3.63, 3.8) is 0 Å². The molecule has 0 aromatic carbocycles. The number of aryl methyl sites for hydroxylation is 2. The Bertz CT molecular complexity index is 499. The Morgan fingerprint density at radius 1 is 1.31 bits per heavy atom. The van der Waals surface area contributed by atoms with Crippen LogP contribution in [0, 0.1) is 13.8 Å². The van der Waals surface area contributed by atoms with E-state index in [9.17, 15) is 4.79 Å². The highest BCUT2D eigenvalue weighted by Gasteiger charge is 2.04. The lowest BCUT2D eigenvalue weighted by Gasteiger charge is -2.01. The van der Waals surface area contributed by atoms with Gasteiger partial charge in [0.15, 0.2) is 6.29 Å². The summed E-state index contributed by atoms with van der Waals surface area (Å²) < 4.78 is 1.10. The average Bonchev–Trinajstić information content (AvgIpc) is 2.64. The molecule has 16 heavy (non-hydrogen) atoms. The van der Waals surface area contributed by atoms with Gasteiger partial charge in [-0.3, -0.25) is 4.79 Å². The molecule has 0 saturated heterocycles. The first kappa shape index (κ1) is 11.4. The van der Waals surface area contributed by atoms with Crippen LogP contribution in [0.5, 0.6) is 0 Å². The molecule has 2 rings (SSSR count). The molecule has 2 aromatic heterocycles. The predicted octanol–water partition coefficient (Wildman–Crippen LogP) is 3.72. The van der Waals surface area contributed by atoms with Crippen LogP contribution in [-0.2, 0) is 0 Å². The quantitative estimate of drug-likeness (QED) is 0.776. The monoisotopic (exact) mass is 249 g/mol. The normalized spacial score (nSPS) is 10.4. The molecule has 2 aromatic rings. The lowest BCUT2D eigenvalue weighted by Crippen LogP contribution is -1.85. The maximum Gasteiger partial charge on any atom is 0.160 e. The summed E-state index contributed by atoms with van der Waals surface area (Å²) in [4.78, 5) is 15.8. The molecule has 4 heteroatoms. The fraction of sp³-hybridized carbons (Fsp3) is 0.167. The number of carbonyl (C=O) groups excluding carboxylic acids is 1. The van der Waals surface area contributed by atoms with Gasteiger partial charge in [-0.15, -0.1) is 11.3 Å². The predicted molar refractivity (Wildman–Crippen MR) is 67.5 cm³/mol. The van der Waals surface area contributed by atoms with Crippen LogP contribution >= 0.6 is 23.1 Å². The third kappa shape index (κ3) is 2.71. The molecule has 0 aliphatic heterocycles. The van der Waals surface area contributed by atoms with Crippen molar-refractivity contribution in [2.75, 3.05) is 0 Å². The summed E-state index contributed by atoms with van der Waals surface area (Å²) in [6.45, 7) is 4.05. The zero-order chi connectivity index (χ0) is 11.5. The Balaban J connectivity index is 2.22. The lowest BCUT2D eigenvalue weighted by atomic mass is 10.3. The Labute approximate surface area is 103 Å². The smallest absolute Gasteiger partial charge is 0.160 e. The number of aldehydes is 1. The number of pyridine rings is 1. The van der Waals surface area contributed by atoms with Crippen LogP contribution in [0.4, 0.5) is 0 Å². The van der Waals surface area contributed by atoms with Crippen molar-refractivity contribution in [3.05, 3.63) is 40.4 Å². The van der Waals surface area contributed by atoms with Crippen LogP contribution in [0.15, 0.2) is 33.5 Å². The number of aromatic nitrogens is 1. The molecule has 82 valence electrons. The number of hydrogen-bond donors (Lipinski definition) is 0. The molecule has 0 radical (unpaired) electrons. The second kappa shape index (κ2) is 4.80. The minimum Gasteiger partial charge on any atom is -0.297 e. The Kier molecular flexibility index (Phi) is 3.41. The molecule has 0 N–H and O–H groups in total. The molecule has 0 saturated carbocycles. The van der Waals surface area contributed by atoms with Crippen molar-refractivity contribution in [2.24, 2.45) is 0 Å². The van der Waals surface area contributed by atoms with E-state index >= 15 is 0 Å². The van der Waals surface area contributed by atoms with E-state index in [-0.39, 0.29) is 0 Å². The summed E-state index contributed by atoms with van der Waals surface area (Å²) in [5, 5.41) is 0.983. The summed E-state index contributed by atoms with van der Waals surface area (Å²) >= 11 is 3.09. The molecule has 0 aliphatic rings. The van der Waals surface area contributed by atoms with Gasteiger partial charge in [0.1, 0.15) is 5.03 Å². The van der Waals surface area contributed by atoms with Crippen molar-refractivity contribution < 1.29 is 4.79 Å². The van der Waals surface area contributed by atoms with Crippen molar-refractivity contribution >= 4 is 29.4 Å². The van der Waals surface area contributed by atoms with Gasteiger partial charge in [0.2, 0.25) is 0 Å². The van der Waals surface area contributed by atoms with Gasteiger partial charge in [0, 0.05) is 5.69 Å². The summed E-state index contributed by atoms with van der Waals surface area (Å²) in [5.74, 6) is 0. The third-order valence-corrected chi connectivity index (χ3v) is 4.06. The maximum atomic E-state index is 10.6. The zero-order valence-electron chi connectivity index (χ0n) is 9.06. The molecule has 0 amide bonds. The van der Waals surface area contributed by atoms with Crippen molar-refractivity contribution in [3.8, 4) is 0 Å². The second-order valence-corrected chi connectivity index (χ2v) is 5.94. The minimum atomic E-state index is 0.756. The molecule has 0 atom stereocenters. The van der Waals surface area contributed by atoms with E-state index in [1.54, 1.807) is 11.8 Å². The van der Waals surface area contributed by atoms with Crippen molar-refractivity contribution in [1.82, 2.24) is 4.98 Å². The maximum absolute atomic E-state index is 10.6. The summed E-state index contributed by atoms with van der Waals surface area (Å²) in [5.41, 5.74) is 2.23. The van der Waals surface area contributed by atoms with Gasteiger partial charge in [-0.05, 0) is 43.7 Å². The fourth-order valence-corrected chi connectivity index (χ4v) is 3.45. The summed E-state index contributed by atoms with van der Waals surface area (Å²) in [6, 6.07) is 7.90. The van der Waals surface area contributed by atoms with E-state index in [4.69, 9.17) is 0 Å². The molecule has 0 spiro atoms. The van der Waals surface area contributed by atoms with E-state index in [1.807, 2.05) is 19.1 Å². The molecule has 0 bridgehead atoms. The average molecular weight is 249 g/mol. The molecule has 2 nitrogen and oxygen atoms in total. The lowest BCUT2D eigenvalue weighted by molar-refractivity contribution is 0.112. The van der Waals surface area contributed by atoms with Crippen molar-refractivity contribution in [2.45, 2.75) is 23.1 Å². The molecule has 0 aliphatic carbocycles. The first-order chi connectivity index (χ1) is 7.67. The highest BCUT2D eigenvalue weighted by molar-refractivity contribution is 8.01. The van der Waals surface area contributed by atoms with E-state index in [0.29, 0.717) is 0 Å². The van der Waals surface area contributed by atoms with Crippen LogP contribution in [0.3, 0.4) is 0 Å². The number of hydrogen-bond acceptors (Lipinski definition) is 4. The van der Waals surface area contributed by atoms with Crippen LogP contribution in [0.2, 0.25) is 0 Å². The van der Waals surface area contributed by atoms with Gasteiger partial charge in [-0.25, -0.2) is 4.98 Å². The highest BCUT2D eigenvalue weighted by Crippen LogP contribution is 2.32. The SMILES string of the molecule is Cc1cc(C)nc(Sc2ccc(C=O)s2)c1. The van der Waals surface area contributed by atoms with E-state index < -0.39 is 0 Å². The first-order valence-corrected chi connectivity index (χ1v) is 6.49. The zero-order valence-corrected chi connectivity index (χ0v) is 10.7. The Hall–Kier alpha value is -1.13. The van der Waals surface area contributed by atoms with Gasteiger partial charge in [-0.1, -0.05) is 11.8 Å². The number of carbonyl (C=O) groups is 1. The van der Waals surface area contributed by atoms with Gasteiger partial charge in [-0.2, -0.15) is 0 Å². The summed E-state index contributed by atoms with van der Waals surface area (Å²) in [6.07, 6.45) is 0.879.